The fourth-order valence-electron chi connectivity index (χ4n) is 2.50. The molecule has 0 spiro atoms. The topological polar surface area (TPSA) is 63.2 Å². The molecule has 0 aromatic heterocycles. The Balaban J connectivity index is 1.77. The van der Waals surface area contributed by atoms with Crippen molar-refractivity contribution >= 4 is 27.4 Å². The van der Waals surface area contributed by atoms with E-state index >= 15 is 0 Å². The first-order valence-electron chi connectivity index (χ1n) is 7.90. The van der Waals surface area contributed by atoms with E-state index in [9.17, 15) is 13.2 Å². The molecule has 0 saturated carbocycles. The van der Waals surface area contributed by atoms with E-state index in [1.807, 2.05) is 24.3 Å². The van der Waals surface area contributed by atoms with Gasteiger partial charge in [-0.2, -0.15) is 0 Å². The van der Waals surface area contributed by atoms with Crippen LogP contribution in [0.25, 0.3) is 11.1 Å². The van der Waals surface area contributed by atoms with Crippen LogP contribution in [-0.2, 0) is 10.0 Å². The van der Waals surface area contributed by atoms with Crippen molar-refractivity contribution in [2.75, 3.05) is 6.54 Å². The smallest absolute Gasteiger partial charge is 0.240 e. The Bertz CT molecular complexity index is 1030. The van der Waals surface area contributed by atoms with Gasteiger partial charge in [0, 0.05) is 16.1 Å². The summed E-state index contributed by atoms with van der Waals surface area (Å²) in [6.45, 7) is -0.316. The molecule has 0 heterocycles. The average molecular weight is 386 g/mol. The summed E-state index contributed by atoms with van der Waals surface area (Å²) < 4.78 is 26.8. The highest BCUT2D eigenvalue weighted by Crippen LogP contribution is 2.28. The van der Waals surface area contributed by atoms with Crippen LogP contribution in [0, 0.1) is 0 Å². The van der Waals surface area contributed by atoms with Crippen LogP contribution in [0.5, 0.6) is 0 Å². The third-order valence-corrected chi connectivity index (χ3v) is 5.59. The molecular weight excluding hydrogens is 370 g/mol. The normalized spacial score (nSPS) is 11.3. The number of Topliss-reactive ketones (excluding diaryl/α,β-unsaturated/α-hetero) is 1. The zero-order chi connectivity index (χ0) is 18.6. The lowest BCUT2D eigenvalue weighted by atomic mass is 10.0. The molecule has 0 saturated heterocycles. The monoisotopic (exact) mass is 385 g/mol. The van der Waals surface area contributed by atoms with Crippen molar-refractivity contribution in [2.45, 2.75) is 4.90 Å². The summed E-state index contributed by atoms with van der Waals surface area (Å²) in [5.74, 6) is -0.321. The van der Waals surface area contributed by atoms with Gasteiger partial charge in [-0.1, -0.05) is 66.2 Å². The maximum Gasteiger partial charge on any atom is 0.240 e. The Morgan fingerprint density at radius 1 is 0.885 bits per heavy atom. The standard InChI is InChI=1S/C20H16ClNO3S/c21-19-12-5-4-11-18(19)15-7-6-8-16(13-15)20(23)14-22-26(24,25)17-9-2-1-3-10-17/h1-13,22H,14H2. The van der Waals surface area contributed by atoms with Crippen molar-refractivity contribution in [3.05, 3.63) is 89.4 Å². The molecule has 0 fully saturated rings. The molecule has 0 aliphatic rings. The highest BCUT2D eigenvalue weighted by molar-refractivity contribution is 7.89. The Kier molecular flexibility index (Phi) is 5.52. The van der Waals surface area contributed by atoms with Gasteiger partial charge in [-0.25, -0.2) is 13.1 Å². The van der Waals surface area contributed by atoms with Crippen LogP contribution < -0.4 is 4.72 Å². The zero-order valence-corrected chi connectivity index (χ0v) is 15.3. The first kappa shape index (κ1) is 18.3. The van der Waals surface area contributed by atoms with Gasteiger partial charge in [-0.15, -0.1) is 0 Å². The van der Waals surface area contributed by atoms with Crippen molar-refractivity contribution < 1.29 is 13.2 Å². The van der Waals surface area contributed by atoms with E-state index in [2.05, 4.69) is 4.72 Å². The molecule has 4 nitrogen and oxygen atoms in total. The number of rotatable bonds is 6. The molecule has 0 unspecified atom stereocenters. The number of nitrogens with one attached hydrogen (secondary N) is 1. The number of benzene rings is 3. The quantitative estimate of drug-likeness (QED) is 0.648. The van der Waals surface area contributed by atoms with E-state index in [0.717, 1.165) is 11.1 Å². The third-order valence-electron chi connectivity index (χ3n) is 3.85. The van der Waals surface area contributed by atoms with Gasteiger partial charge in [-0.05, 0) is 29.8 Å². The van der Waals surface area contributed by atoms with Crippen LogP contribution in [-0.4, -0.2) is 20.7 Å². The van der Waals surface area contributed by atoms with Crippen molar-refractivity contribution in [2.24, 2.45) is 0 Å². The minimum Gasteiger partial charge on any atom is -0.293 e. The third kappa shape index (κ3) is 4.19. The van der Waals surface area contributed by atoms with Gasteiger partial charge in [0.05, 0.1) is 11.4 Å². The first-order valence-corrected chi connectivity index (χ1v) is 9.76. The maximum absolute atomic E-state index is 12.4. The van der Waals surface area contributed by atoms with Crippen LogP contribution in [0.1, 0.15) is 10.4 Å². The molecule has 3 rings (SSSR count). The second-order valence-electron chi connectivity index (χ2n) is 5.62. The lowest BCUT2D eigenvalue weighted by Gasteiger charge is -2.08. The van der Waals surface area contributed by atoms with Crippen LogP contribution in [0.15, 0.2) is 83.8 Å². The molecule has 0 aliphatic carbocycles. The van der Waals surface area contributed by atoms with Gasteiger partial charge in [0.15, 0.2) is 5.78 Å². The lowest BCUT2D eigenvalue weighted by molar-refractivity contribution is 0.0997. The summed E-state index contributed by atoms with van der Waals surface area (Å²) in [4.78, 5) is 12.6. The van der Waals surface area contributed by atoms with Crippen LogP contribution >= 0.6 is 11.6 Å². The minimum atomic E-state index is -3.72. The molecule has 0 bridgehead atoms. The highest BCUT2D eigenvalue weighted by atomic mass is 35.5. The SMILES string of the molecule is O=C(CNS(=O)(=O)c1ccccc1)c1cccc(-c2ccccc2Cl)c1. The van der Waals surface area contributed by atoms with Crippen molar-refractivity contribution in [1.82, 2.24) is 4.72 Å². The fourth-order valence-corrected chi connectivity index (χ4v) is 3.75. The molecule has 3 aromatic rings. The Morgan fingerprint density at radius 2 is 1.58 bits per heavy atom. The number of halogens is 1. The van der Waals surface area contributed by atoms with Crippen molar-refractivity contribution in [3.8, 4) is 11.1 Å². The molecule has 26 heavy (non-hydrogen) atoms. The van der Waals surface area contributed by atoms with Crippen LogP contribution in [0.4, 0.5) is 0 Å². The summed E-state index contributed by atoms with van der Waals surface area (Å²) in [7, 11) is -3.72. The summed E-state index contributed by atoms with van der Waals surface area (Å²) in [6, 6.07) is 22.2. The fraction of sp³-hybridized carbons (Fsp3) is 0.0500. The number of ketones is 1. The highest BCUT2D eigenvalue weighted by Gasteiger charge is 2.16. The Hall–Kier alpha value is -2.47. The Labute approximate surface area is 157 Å². The maximum atomic E-state index is 12.4. The van der Waals surface area contributed by atoms with E-state index in [4.69, 9.17) is 11.6 Å². The summed E-state index contributed by atoms with van der Waals surface area (Å²) >= 11 is 6.20. The lowest BCUT2D eigenvalue weighted by Crippen LogP contribution is -2.29. The molecular formula is C20H16ClNO3S. The van der Waals surface area contributed by atoms with E-state index in [1.165, 1.54) is 12.1 Å². The number of carbonyl (C=O) groups is 1. The molecule has 1 N–H and O–H groups in total. The molecule has 132 valence electrons. The molecule has 0 aliphatic heterocycles. The van der Waals surface area contributed by atoms with Crippen LogP contribution in [0.2, 0.25) is 5.02 Å². The van der Waals surface area contributed by atoms with Crippen molar-refractivity contribution in [1.29, 1.82) is 0 Å². The minimum absolute atomic E-state index is 0.123. The van der Waals surface area contributed by atoms with Gasteiger partial charge in [-0.3, -0.25) is 4.79 Å². The second kappa shape index (κ2) is 7.83. The number of hydrogen-bond donors (Lipinski definition) is 1. The molecule has 0 amide bonds. The molecule has 0 radical (unpaired) electrons. The molecule has 0 atom stereocenters. The Morgan fingerprint density at radius 3 is 2.31 bits per heavy atom. The first-order chi connectivity index (χ1) is 12.5. The zero-order valence-electron chi connectivity index (χ0n) is 13.7. The summed E-state index contributed by atoms with van der Waals surface area (Å²) in [5.41, 5.74) is 2.03. The van der Waals surface area contributed by atoms with Gasteiger partial charge in [0.2, 0.25) is 10.0 Å². The van der Waals surface area contributed by atoms with E-state index in [1.54, 1.807) is 42.5 Å². The van der Waals surface area contributed by atoms with E-state index < -0.39 is 10.0 Å². The number of carbonyl (C=O) groups excluding carboxylic acids is 1. The van der Waals surface area contributed by atoms with Gasteiger partial charge in [0.1, 0.15) is 0 Å². The van der Waals surface area contributed by atoms with Crippen LogP contribution in [0.3, 0.4) is 0 Å². The van der Waals surface area contributed by atoms with Gasteiger partial charge >= 0.3 is 0 Å². The van der Waals surface area contributed by atoms with Crippen molar-refractivity contribution in [3.63, 3.8) is 0 Å². The number of hydrogen-bond acceptors (Lipinski definition) is 3. The predicted molar refractivity (Wildman–Crippen MR) is 103 cm³/mol. The second-order valence-corrected chi connectivity index (χ2v) is 7.80. The van der Waals surface area contributed by atoms with E-state index in [0.29, 0.717) is 10.6 Å². The number of sulfonamides is 1. The largest absolute Gasteiger partial charge is 0.293 e. The predicted octanol–water partition coefficient (Wildman–Crippen LogP) is 4.17. The van der Waals surface area contributed by atoms with Gasteiger partial charge < -0.3 is 0 Å². The molecule has 3 aromatic carbocycles. The van der Waals surface area contributed by atoms with E-state index in [-0.39, 0.29) is 17.2 Å². The van der Waals surface area contributed by atoms with Gasteiger partial charge in [0.25, 0.3) is 0 Å². The molecule has 6 heteroatoms. The summed E-state index contributed by atoms with van der Waals surface area (Å²) in [5, 5.41) is 0.585. The average Bonchev–Trinajstić information content (AvgIpc) is 2.67. The summed E-state index contributed by atoms with van der Waals surface area (Å²) in [6.07, 6.45) is 0.